The van der Waals surface area contributed by atoms with Gasteiger partial charge in [-0.2, -0.15) is 0 Å². The maximum absolute atomic E-state index is 14.0. The Morgan fingerprint density at radius 3 is 2.67 bits per heavy atom. The molecule has 0 unspecified atom stereocenters. The molecule has 0 saturated carbocycles. The monoisotopic (exact) mass is 447 g/mol. The number of benzene rings is 2. The molecule has 0 aliphatic rings. The SMILES string of the molecule is CCc1ccc(NC(=O)Cc2csc(=Nc3ccc(Br)cc3F)n2C)cc1. The van der Waals surface area contributed by atoms with Crippen LogP contribution >= 0.6 is 27.3 Å². The molecule has 0 aliphatic heterocycles. The van der Waals surface area contributed by atoms with E-state index in [2.05, 4.69) is 33.2 Å². The molecule has 0 atom stereocenters. The predicted molar refractivity (Wildman–Crippen MR) is 111 cm³/mol. The third kappa shape index (κ3) is 4.93. The van der Waals surface area contributed by atoms with E-state index in [1.165, 1.54) is 23.0 Å². The summed E-state index contributed by atoms with van der Waals surface area (Å²) in [6, 6.07) is 12.6. The molecule has 1 amide bonds. The van der Waals surface area contributed by atoms with Crippen LogP contribution in [0.25, 0.3) is 0 Å². The zero-order chi connectivity index (χ0) is 19.4. The Kier molecular flexibility index (Phi) is 6.23. The average molecular weight is 448 g/mol. The maximum Gasteiger partial charge on any atom is 0.230 e. The number of hydrogen-bond acceptors (Lipinski definition) is 3. The van der Waals surface area contributed by atoms with E-state index in [9.17, 15) is 9.18 Å². The molecule has 0 saturated heterocycles. The van der Waals surface area contributed by atoms with E-state index >= 15 is 0 Å². The Morgan fingerprint density at radius 2 is 2.00 bits per heavy atom. The first-order chi connectivity index (χ1) is 13.0. The van der Waals surface area contributed by atoms with Gasteiger partial charge in [0, 0.05) is 28.3 Å². The van der Waals surface area contributed by atoms with Crippen molar-refractivity contribution in [1.82, 2.24) is 4.57 Å². The number of aromatic nitrogens is 1. The van der Waals surface area contributed by atoms with Crippen molar-refractivity contribution in [2.45, 2.75) is 19.8 Å². The van der Waals surface area contributed by atoms with E-state index in [1.807, 2.05) is 41.3 Å². The van der Waals surface area contributed by atoms with E-state index in [0.29, 0.717) is 9.27 Å². The van der Waals surface area contributed by atoms with Crippen LogP contribution in [0, 0.1) is 5.82 Å². The fourth-order valence-electron chi connectivity index (χ4n) is 2.53. The van der Waals surface area contributed by atoms with Gasteiger partial charge in [-0.05, 0) is 42.3 Å². The van der Waals surface area contributed by atoms with Crippen LogP contribution in [0.1, 0.15) is 18.2 Å². The molecule has 7 heteroatoms. The average Bonchev–Trinajstić information content (AvgIpc) is 2.98. The van der Waals surface area contributed by atoms with E-state index < -0.39 is 5.82 Å². The summed E-state index contributed by atoms with van der Waals surface area (Å²) < 4.78 is 16.5. The van der Waals surface area contributed by atoms with Crippen molar-refractivity contribution in [2.75, 3.05) is 5.32 Å². The summed E-state index contributed by atoms with van der Waals surface area (Å²) in [5.41, 5.74) is 3.09. The number of amides is 1. The Bertz CT molecular complexity index is 1020. The van der Waals surface area contributed by atoms with Crippen molar-refractivity contribution in [3.8, 4) is 0 Å². The second-order valence-corrected chi connectivity index (χ2v) is 7.80. The molecule has 3 aromatic rings. The summed E-state index contributed by atoms with van der Waals surface area (Å²) in [4.78, 5) is 17.3. The Balaban J connectivity index is 1.74. The topological polar surface area (TPSA) is 46.4 Å². The normalized spacial score (nSPS) is 11.6. The van der Waals surface area contributed by atoms with Crippen molar-refractivity contribution in [3.05, 3.63) is 74.2 Å². The van der Waals surface area contributed by atoms with Gasteiger partial charge in [-0.3, -0.25) is 4.79 Å². The second-order valence-electron chi connectivity index (χ2n) is 6.05. The van der Waals surface area contributed by atoms with Crippen molar-refractivity contribution >= 4 is 44.5 Å². The molecule has 1 heterocycles. The summed E-state index contributed by atoms with van der Waals surface area (Å²) in [6.07, 6.45) is 1.19. The van der Waals surface area contributed by atoms with Crippen molar-refractivity contribution in [2.24, 2.45) is 12.0 Å². The minimum Gasteiger partial charge on any atom is -0.326 e. The molecule has 2 aromatic carbocycles. The van der Waals surface area contributed by atoms with Gasteiger partial charge in [0.1, 0.15) is 11.5 Å². The highest BCUT2D eigenvalue weighted by Crippen LogP contribution is 2.21. The van der Waals surface area contributed by atoms with Crippen molar-refractivity contribution in [3.63, 3.8) is 0 Å². The molecule has 1 aromatic heterocycles. The van der Waals surface area contributed by atoms with Gasteiger partial charge in [0.2, 0.25) is 5.91 Å². The third-order valence-corrected chi connectivity index (χ3v) is 5.59. The third-order valence-electron chi connectivity index (χ3n) is 4.13. The van der Waals surface area contributed by atoms with Gasteiger partial charge < -0.3 is 9.88 Å². The fraction of sp³-hybridized carbons (Fsp3) is 0.200. The van der Waals surface area contributed by atoms with Crippen molar-refractivity contribution in [1.29, 1.82) is 0 Å². The number of rotatable bonds is 5. The lowest BCUT2D eigenvalue weighted by atomic mass is 10.1. The van der Waals surface area contributed by atoms with Crippen LogP contribution in [0.2, 0.25) is 0 Å². The molecule has 0 spiro atoms. The van der Waals surface area contributed by atoms with Gasteiger partial charge in [0.25, 0.3) is 0 Å². The summed E-state index contributed by atoms with van der Waals surface area (Å²) in [6.45, 7) is 2.09. The van der Waals surface area contributed by atoms with Gasteiger partial charge in [0.15, 0.2) is 4.80 Å². The highest BCUT2D eigenvalue weighted by atomic mass is 79.9. The second kappa shape index (κ2) is 8.63. The quantitative estimate of drug-likeness (QED) is 0.589. The van der Waals surface area contributed by atoms with Crippen LogP contribution in [0.15, 0.2) is 57.3 Å². The van der Waals surface area contributed by atoms with Gasteiger partial charge in [0.05, 0.1) is 6.42 Å². The smallest absolute Gasteiger partial charge is 0.230 e. The van der Waals surface area contributed by atoms with Crippen LogP contribution in [0.4, 0.5) is 15.8 Å². The van der Waals surface area contributed by atoms with E-state index in [4.69, 9.17) is 0 Å². The van der Waals surface area contributed by atoms with E-state index in [-0.39, 0.29) is 18.0 Å². The highest BCUT2D eigenvalue weighted by Gasteiger charge is 2.09. The molecule has 1 N–H and O–H groups in total. The molecule has 4 nitrogen and oxygen atoms in total. The van der Waals surface area contributed by atoms with Gasteiger partial charge in [-0.25, -0.2) is 9.38 Å². The zero-order valence-electron chi connectivity index (χ0n) is 15.0. The first kappa shape index (κ1) is 19.5. The molecular formula is C20H19BrFN3OS. The van der Waals surface area contributed by atoms with Gasteiger partial charge >= 0.3 is 0 Å². The molecule has 0 aliphatic carbocycles. The first-order valence-electron chi connectivity index (χ1n) is 8.48. The lowest BCUT2D eigenvalue weighted by Gasteiger charge is -2.07. The van der Waals surface area contributed by atoms with E-state index in [0.717, 1.165) is 17.8 Å². The molecule has 0 bridgehead atoms. The summed E-state index contributed by atoms with van der Waals surface area (Å²) in [7, 11) is 1.82. The van der Waals surface area contributed by atoms with Gasteiger partial charge in [-0.15, -0.1) is 11.3 Å². The number of halogens is 2. The molecule has 0 radical (unpaired) electrons. The number of aryl methyl sites for hydroxylation is 1. The Hall–Kier alpha value is -2.25. The predicted octanol–water partition coefficient (Wildman–Crippen LogP) is 4.96. The number of nitrogens with zero attached hydrogens (tertiary/aromatic N) is 2. The molecular weight excluding hydrogens is 429 g/mol. The van der Waals surface area contributed by atoms with Crippen LogP contribution < -0.4 is 10.1 Å². The van der Waals surface area contributed by atoms with Crippen LogP contribution in [0.5, 0.6) is 0 Å². The molecule has 27 heavy (non-hydrogen) atoms. The van der Waals surface area contributed by atoms with Crippen LogP contribution in [0.3, 0.4) is 0 Å². The lowest BCUT2D eigenvalue weighted by molar-refractivity contribution is -0.115. The minimum atomic E-state index is -0.396. The number of nitrogens with one attached hydrogen (secondary N) is 1. The van der Waals surface area contributed by atoms with Crippen LogP contribution in [-0.4, -0.2) is 10.5 Å². The summed E-state index contributed by atoms with van der Waals surface area (Å²) in [5.74, 6) is -0.499. The summed E-state index contributed by atoms with van der Waals surface area (Å²) >= 11 is 4.61. The number of thiazole rings is 1. The maximum atomic E-state index is 14.0. The van der Waals surface area contributed by atoms with Gasteiger partial charge in [-0.1, -0.05) is 35.0 Å². The Morgan fingerprint density at radius 1 is 1.26 bits per heavy atom. The first-order valence-corrected chi connectivity index (χ1v) is 10.2. The van der Waals surface area contributed by atoms with Crippen molar-refractivity contribution < 1.29 is 9.18 Å². The number of carbonyl (C=O) groups is 1. The number of hydrogen-bond donors (Lipinski definition) is 1. The number of anilines is 1. The highest BCUT2D eigenvalue weighted by molar-refractivity contribution is 9.10. The van der Waals surface area contributed by atoms with E-state index in [1.54, 1.807) is 12.1 Å². The fourth-order valence-corrected chi connectivity index (χ4v) is 3.77. The molecule has 3 rings (SSSR count). The Labute approximate surface area is 169 Å². The van der Waals surface area contributed by atoms with Crippen LogP contribution in [-0.2, 0) is 24.7 Å². The lowest BCUT2D eigenvalue weighted by Crippen LogP contribution is -2.19. The summed E-state index contributed by atoms with van der Waals surface area (Å²) in [5, 5.41) is 4.77. The zero-order valence-corrected chi connectivity index (χ0v) is 17.4. The minimum absolute atomic E-state index is 0.103. The largest absolute Gasteiger partial charge is 0.326 e. The number of carbonyl (C=O) groups excluding carboxylic acids is 1. The molecule has 140 valence electrons. The standard InChI is InChI=1S/C20H19BrFN3OS/c1-3-13-4-7-15(8-5-13)23-19(26)11-16-12-27-20(25(16)2)24-18-9-6-14(21)10-17(18)22/h4-10,12H,3,11H2,1-2H3,(H,23,26). The molecule has 0 fully saturated rings.